The Hall–Kier alpha value is -2.04. The van der Waals surface area contributed by atoms with Crippen LogP contribution in [0.25, 0.3) is 0 Å². The van der Waals surface area contributed by atoms with Gasteiger partial charge in [0.05, 0.1) is 5.02 Å². The zero-order chi connectivity index (χ0) is 18.0. The summed E-state index contributed by atoms with van der Waals surface area (Å²) in [5.41, 5.74) is 2.45. The fourth-order valence-electron chi connectivity index (χ4n) is 2.86. The van der Waals surface area contributed by atoms with Gasteiger partial charge in [-0.15, -0.1) is 0 Å². The lowest BCUT2D eigenvalue weighted by Gasteiger charge is -2.30. The molecule has 2 aromatic carbocycles. The number of halogens is 2. The predicted octanol–water partition coefficient (Wildman–Crippen LogP) is 4.55. The number of hydrogen-bond donors (Lipinski definition) is 0. The number of amides is 1. The number of anilines is 1. The predicted molar refractivity (Wildman–Crippen MR) is 99.1 cm³/mol. The summed E-state index contributed by atoms with van der Waals surface area (Å²) in [6.07, 6.45) is 1.76. The Kier molecular flexibility index (Phi) is 5.30. The molecule has 0 fully saturated rings. The van der Waals surface area contributed by atoms with Crippen molar-refractivity contribution in [3.8, 4) is 5.75 Å². The highest BCUT2D eigenvalue weighted by molar-refractivity contribution is 6.35. The van der Waals surface area contributed by atoms with E-state index in [-0.39, 0.29) is 18.3 Å². The van der Waals surface area contributed by atoms with Crippen LogP contribution in [0.2, 0.25) is 10.0 Å². The molecule has 1 heterocycles. The molecule has 0 radical (unpaired) electrons. The van der Waals surface area contributed by atoms with Crippen molar-refractivity contribution < 1.29 is 14.3 Å². The lowest BCUT2D eigenvalue weighted by atomic mass is 9.98. The van der Waals surface area contributed by atoms with Crippen LogP contribution >= 0.6 is 23.2 Å². The van der Waals surface area contributed by atoms with Crippen molar-refractivity contribution in [1.82, 2.24) is 0 Å². The molecule has 0 N–H and O–H groups in total. The molecule has 0 saturated heterocycles. The number of Topliss-reactive ketones (excluding diaryl/α,β-unsaturated/α-hetero) is 1. The van der Waals surface area contributed by atoms with Gasteiger partial charge in [-0.05, 0) is 49.6 Å². The zero-order valence-corrected chi connectivity index (χ0v) is 15.2. The molecule has 0 unspecified atom stereocenters. The number of hydrogen-bond acceptors (Lipinski definition) is 3. The fourth-order valence-corrected chi connectivity index (χ4v) is 3.33. The van der Waals surface area contributed by atoms with Gasteiger partial charge in [-0.3, -0.25) is 9.59 Å². The van der Waals surface area contributed by atoms with Gasteiger partial charge >= 0.3 is 0 Å². The van der Waals surface area contributed by atoms with E-state index in [2.05, 4.69) is 0 Å². The molecular formula is C19H17Cl2NO3. The third-order valence-electron chi connectivity index (χ3n) is 4.16. The van der Waals surface area contributed by atoms with Gasteiger partial charge in [0.15, 0.2) is 12.4 Å². The van der Waals surface area contributed by atoms with Crippen LogP contribution in [-0.2, 0) is 11.2 Å². The topological polar surface area (TPSA) is 46.6 Å². The molecule has 0 bridgehead atoms. The first-order chi connectivity index (χ1) is 12.0. The number of carbonyl (C=O) groups excluding carboxylic acids is 2. The molecule has 0 aliphatic carbocycles. The second-order valence-electron chi connectivity index (χ2n) is 5.91. The number of ketones is 1. The number of fused-ring (bicyclic) bond motifs is 1. The second-order valence-corrected chi connectivity index (χ2v) is 6.76. The molecule has 2 aromatic rings. The maximum absolute atomic E-state index is 12.6. The molecule has 0 saturated carbocycles. The summed E-state index contributed by atoms with van der Waals surface area (Å²) in [6, 6.07) is 10.4. The van der Waals surface area contributed by atoms with Gasteiger partial charge in [-0.2, -0.15) is 0 Å². The van der Waals surface area contributed by atoms with Crippen LogP contribution < -0.4 is 9.64 Å². The van der Waals surface area contributed by atoms with E-state index in [4.69, 9.17) is 27.9 Å². The highest BCUT2D eigenvalue weighted by atomic mass is 35.5. The standard InChI is InChI=1S/C19H17Cl2NO3/c1-12(23)14-5-4-13-3-2-8-22(17(13)9-14)19(24)11-25-18-7-6-15(20)10-16(18)21/h4-7,9-10H,2-3,8,11H2,1H3. The first kappa shape index (κ1) is 17.8. The van der Waals surface area contributed by atoms with Crippen LogP contribution in [0.4, 0.5) is 5.69 Å². The Morgan fingerprint density at radius 1 is 1.16 bits per heavy atom. The summed E-state index contributed by atoms with van der Waals surface area (Å²) in [5.74, 6) is 0.215. The summed E-state index contributed by atoms with van der Waals surface area (Å²) >= 11 is 11.9. The third kappa shape index (κ3) is 3.97. The van der Waals surface area contributed by atoms with Crippen LogP contribution in [0.1, 0.15) is 29.3 Å². The summed E-state index contributed by atoms with van der Waals surface area (Å²) < 4.78 is 5.55. The number of rotatable bonds is 4. The normalized spacial score (nSPS) is 13.3. The van der Waals surface area contributed by atoms with Crippen LogP contribution in [0, 0.1) is 0 Å². The quantitative estimate of drug-likeness (QED) is 0.733. The summed E-state index contributed by atoms with van der Waals surface area (Å²) in [6.45, 7) is 1.98. The summed E-state index contributed by atoms with van der Waals surface area (Å²) in [7, 11) is 0. The van der Waals surface area contributed by atoms with E-state index < -0.39 is 0 Å². The molecule has 1 amide bonds. The maximum Gasteiger partial charge on any atom is 0.264 e. The summed E-state index contributed by atoms with van der Waals surface area (Å²) in [4.78, 5) is 25.9. The van der Waals surface area contributed by atoms with Gasteiger partial charge in [0.1, 0.15) is 5.75 Å². The van der Waals surface area contributed by atoms with E-state index in [1.807, 2.05) is 6.07 Å². The molecule has 0 aromatic heterocycles. The van der Waals surface area contributed by atoms with E-state index in [9.17, 15) is 9.59 Å². The highest BCUT2D eigenvalue weighted by Gasteiger charge is 2.24. The van der Waals surface area contributed by atoms with E-state index in [0.29, 0.717) is 27.9 Å². The second kappa shape index (κ2) is 7.46. The van der Waals surface area contributed by atoms with Gasteiger partial charge in [-0.1, -0.05) is 35.3 Å². The van der Waals surface area contributed by atoms with Gasteiger partial charge in [-0.25, -0.2) is 0 Å². The van der Waals surface area contributed by atoms with Gasteiger partial charge in [0.2, 0.25) is 0 Å². The van der Waals surface area contributed by atoms with Crippen molar-refractivity contribution in [1.29, 1.82) is 0 Å². The van der Waals surface area contributed by atoms with E-state index >= 15 is 0 Å². The first-order valence-electron chi connectivity index (χ1n) is 7.98. The van der Waals surface area contributed by atoms with Crippen LogP contribution in [0.5, 0.6) is 5.75 Å². The van der Waals surface area contributed by atoms with Crippen molar-refractivity contribution in [2.24, 2.45) is 0 Å². The minimum Gasteiger partial charge on any atom is -0.482 e. The minimum absolute atomic E-state index is 0.0232. The Balaban J connectivity index is 1.77. The number of benzene rings is 2. The average Bonchev–Trinajstić information content (AvgIpc) is 2.59. The molecule has 3 rings (SSSR count). The molecule has 1 aliphatic rings. The number of ether oxygens (including phenoxy) is 1. The Bertz CT molecular complexity index is 835. The molecule has 1 aliphatic heterocycles. The van der Waals surface area contributed by atoms with Gasteiger partial charge in [0, 0.05) is 22.8 Å². The third-order valence-corrected chi connectivity index (χ3v) is 4.69. The molecular weight excluding hydrogens is 361 g/mol. The van der Waals surface area contributed by atoms with Gasteiger partial charge in [0.25, 0.3) is 5.91 Å². The largest absolute Gasteiger partial charge is 0.482 e. The molecule has 0 spiro atoms. The Morgan fingerprint density at radius 2 is 1.96 bits per heavy atom. The van der Waals surface area contributed by atoms with Crippen molar-refractivity contribution in [2.75, 3.05) is 18.1 Å². The van der Waals surface area contributed by atoms with E-state index in [0.717, 1.165) is 24.1 Å². The average molecular weight is 378 g/mol. The molecule has 25 heavy (non-hydrogen) atoms. The molecule has 6 heteroatoms. The maximum atomic E-state index is 12.6. The Labute approximate surface area is 156 Å². The van der Waals surface area contributed by atoms with Crippen molar-refractivity contribution in [2.45, 2.75) is 19.8 Å². The number of carbonyl (C=O) groups is 2. The van der Waals surface area contributed by atoms with Crippen molar-refractivity contribution in [3.63, 3.8) is 0 Å². The molecule has 4 nitrogen and oxygen atoms in total. The van der Waals surface area contributed by atoms with Crippen LogP contribution in [0.3, 0.4) is 0 Å². The molecule has 130 valence electrons. The Morgan fingerprint density at radius 3 is 2.68 bits per heavy atom. The SMILES string of the molecule is CC(=O)c1ccc2c(c1)N(C(=O)COc1ccc(Cl)cc1Cl)CCC2. The highest BCUT2D eigenvalue weighted by Crippen LogP contribution is 2.30. The lowest BCUT2D eigenvalue weighted by Crippen LogP contribution is -2.38. The van der Waals surface area contributed by atoms with E-state index in [1.165, 1.54) is 6.92 Å². The minimum atomic E-state index is -0.173. The number of aryl methyl sites for hydroxylation is 1. The lowest BCUT2D eigenvalue weighted by molar-refractivity contribution is -0.120. The van der Waals surface area contributed by atoms with Crippen molar-refractivity contribution >= 4 is 40.6 Å². The number of nitrogens with zero attached hydrogens (tertiary/aromatic N) is 1. The molecule has 0 atom stereocenters. The van der Waals surface area contributed by atoms with Gasteiger partial charge < -0.3 is 9.64 Å². The fraction of sp³-hybridized carbons (Fsp3) is 0.263. The van der Waals surface area contributed by atoms with Crippen molar-refractivity contribution in [3.05, 3.63) is 57.6 Å². The zero-order valence-electron chi connectivity index (χ0n) is 13.7. The van der Waals surface area contributed by atoms with Crippen LogP contribution in [-0.4, -0.2) is 24.8 Å². The summed E-state index contributed by atoms with van der Waals surface area (Å²) in [5, 5.41) is 0.864. The van der Waals surface area contributed by atoms with E-state index in [1.54, 1.807) is 35.2 Å². The monoisotopic (exact) mass is 377 g/mol. The first-order valence-corrected chi connectivity index (χ1v) is 8.73. The van der Waals surface area contributed by atoms with Crippen LogP contribution in [0.15, 0.2) is 36.4 Å². The smallest absolute Gasteiger partial charge is 0.264 e.